The van der Waals surface area contributed by atoms with Gasteiger partial charge in [-0.2, -0.15) is 0 Å². The summed E-state index contributed by atoms with van der Waals surface area (Å²) in [7, 11) is 1.21. The van der Waals surface area contributed by atoms with E-state index < -0.39 is 9.76 Å². The van der Waals surface area contributed by atoms with E-state index in [9.17, 15) is 0 Å². The van der Waals surface area contributed by atoms with Crippen LogP contribution in [-0.2, 0) is 15.8 Å². The number of ether oxygens (including phenoxy) is 1. The Balaban J connectivity index is 2.47. The van der Waals surface area contributed by atoms with Gasteiger partial charge < -0.3 is 9.16 Å². The van der Waals surface area contributed by atoms with Crippen LogP contribution >= 0.6 is 0 Å². The minimum Gasteiger partial charge on any atom is -0.419 e. The summed E-state index contributed by atoms with van der Waals surface area (Å²) in [4.78, 5) is 0. The lowest BCUT2D eigenvalue weighted by molar-refractivity contribution is 0.105. The summed E-state index contributed by atoms with van der Waals surface area (Å²) in [5.41, 5.74) is 2.98. The first kappa shape index (κ1) is 15.2. The second-order valence-corrected chi connectivity index (χ2v) is 6.32. The highest BCUT2D eigenvalue weighted by Crippen LogP contribution is 2.18. The monoisotopic (exact) mass is 264 g/mol. The molecule has 2 unspecified atom stereocenters. The van der Waals surface area contributed by atoms with Crippen LogP contribution < -0.4 is 0 Å². The molecule has 0 aromatic heterocycles. The summed E-state index contributed by atoms with van der Waals surface area (Å²) >= 11 is 0. The van der Waals surface area contributed by atoms with E-state index in [-0.39, 0.29) is 0 Å². The third-order valence-electron chi connectivity index (χ3n) is 3.42. The van der Waals surface area contributed by atoms with Gasteiger partial charge in [0, 0.05) is 7.11 Å². The standard InChI is InChI=1S/C15H24O2Si/c1-5-13-9-7-8-10-14(13)11-17-18-15(6-2)12(3)16-4/h5,7-10,12,15H,1,6,11,18H2,2-4H3. The molecule has 0 heterocycles. The molecular formula is C15H24O2Si. The Morgan fingerprint density at radius 1 is 1.39 bits per heavy atom. The Morgan fingerprint density at radius 2 is 2.11 bits per heavy atom. The predicted molar refractivity (Wildman–Crippen MR) is 80.4 cm³/mol. The average molecular weight is 264 g/mol. The fraction of sp³-hybridized carbons (Fsp3) is 0.467. The Labute approximate surface area is 113 Å². The second kappa shape index (κ2) is 8.24. The zero-order valence-electron chi connectivity index (χ0n) is 11.7. The third-order valence-corrected chi connectivity index (χ3v) is 5.53. The third kappa shape index (κ3) is 4.41. The quantitative estimate of drug-likeness (QED) is 0.672. The molecule has 0 aliphatic heterocycles. The maximum atomic E-state index is 5.95. The van der Waals surface area contributed by atoms with E-state index in [0.717, 1.165) is 6.42 Å². The molecular weight excluding hydrogens is 240 g/mol. The normalized spacial score (nSPS) is 14.8. The molecule has 0 amide bonds. The molecule has 0 aliphatic rings. The Kier molecular flexibility index (Phi) is 6.94. The lowest BCUT2D eigenvalue weighted by Gasteiger charge is -2.20. The summed E-state index contributed by atoms with van der Waals surface area (Å²) in [6, 6.07) is 8.25. The number of benzene rings is 1. The van der Waals surface area contributed by atoms with Crippen LogP contribution in [0.4, 0.5) is 0 Å². The first-order chi connectivity index (χ1) is 8.72. The van der Waals surface area contributed by atoms with Gasteiger partial charge in [-0.1, -0.05) is 50.3 Å². The van der Waals surface area contributed by atoms with E-state index in [1.54, 1.807) is 7.11 Å². The molecule has 0 saturated heterocycles. The van der Waals surface area contributed by atoms with Crippen molar-refractivity contribution in [2.45, 2.75) is 38.5 Å². The van der Waals surface area contributed by atoms with E-state index in [1.807, 2.05) is 18.2 Å². The van der Waals surface area contributed by atoms with Gasteiger partial charge in [0.05, 0.1) is 12.7 Å². The van der Waals surface area contributed by atoms with Gasteiger partial charge in [0.25, 0.3) is 0 Å². The summed E-state index contributed by atoms with van der Waals surface area (Å²) in [5, 5.41) is 0. The molecule has 0 N–H and O–H groups in total. The highest BCUT2D eigenvalue weighted by atomic mass is 28.2. The lowest BCUT2D eigenvalue weighted by atomic mass is 10.1. The van der Waals surface area contributed by atoms with Crippen LogP contribution in [0.15, 0.2) is 30.8 Å². The fourth-order valence-corrected chi connectivity index (χ4v) is 3.30. The number of methoxy groups -OCH3 is 1. The van der Waals surface area contributed by atoms with Gasteiger partial charge in [0.15, 0.2) is 9.76 Å². The Hall–Kier alpha value is -0.903. The summed E-state index contributed by atoms with van der Waals surface area (Å²) < 4.78 is 11.3. The van der Waals surface area contributed by atoms with E-state index in [2.05, 4.69) is 32.6 Å². The van der Waals surface area contributed by atoms with E-state index in [4.69, 9.17) is 9.16 Å². The lowest BCUT2D eigenvalue weighted by Crippen LogP contribution is -2.21. The van der Waals surface area contributed by atoms with Crippen molar-refractivity contribution in [3.63, 3.8) is 0 Å². The highest BCUT2D eigenvalue weighted by Gasteiger charge is 2.15. The van der Waals surface area contributed by atoms with Crippen LogP contribution in [0.2, 0.25) is 5.54 Å². The highest BCUT2D eigenvalue weighted by molar-refractivity contribution is 6.29. The van der Waals surface area contributed by atoms with E-state index in [0.29, 0.717) is 18.3 Å². The maximum absolute atomic E-state index is 5.95. The zero-order valence-corrected chi connectivity index (χ0v) is 13.1. The minimum absolute atomic E-state index is 0.302. The summed E-state index contributed by atoms with van der Waals surface area (Å²) in [6.45, 7) is 8.85. The molecule has 1 rings (SSSR count). The predicted octanol–water partition coefficient (Wildman–Crippen LogP) is 3.16. The van der Waals surface area contributed by atoms with Crippen molar-refractivity contribution in [2.75, 3.05) is 7.11 Å². The molecule has 0 saturated carbocycles. The van der Waals surface area contributed by atoms with Crippen LogP contribution in [0.5, 0.6) is 0 Å². The van der Waals surface area contributed by atoms with Crippen molar-refractivity contribution < 1.29 is 9.16 Å². The SMILES string of the molecule is C=Cc1ccccc1CO[SiH2]C(CC)C(C)OC. The average Bonchev–Trinajstić information content (AvgIpc) is 2.43. The van der Waals surface area contributed by atoms with Crippen molar-refractivity contribution in [1.29, 1.82) is 0 Å². The van der Waals surface area contributed by atoms with Crippen LogP contribution in [0.1, 0.15) is 31.4 Å². The zero-order chi connectivity index (χ0) is 13.4. The van der Waals surface area contributed by atoms with Crippen LogP contribution in [0, 0.1) is 0 Å². The molecule has 100 valence electrons. The van der Waals surface area contributed by atoms with Crippen molar-refractivity contribution in [3.05, 3.63) is 42.0 Å². The molecule has 0 spiro atoms. The number of rotatable bonds is 8. The largest absolute Gasteiger partial charge is 0.419 e. The van der Waals surface area contributed by atoms with Gasteiger partial charge in [0.1, 0.15) is 0 Å². The maximum Gasteiger partial charge on any atom is 0.167 e. The molecule has 3 heteroatoms. The van der Waals surface area contributed by atoms with Crippen LogP contribution in [0.3, 0.4) is 0 Å². The van der Waals surface area contributed by atoms with Gasteiger partial charge in [-0.15, -0.1) is 0 Å². The molecule has 0 bridgehead atoms. The molecule has 0 aliphatic carbocycles. The van der Waals surface area contributed by atoms with Crippen LogP contribution in [-0.4, -0.2) is 23.0 Å². The van der Waals surface area contributed by atoms with E-state index in [1.165, 1.54) is 11.1 Å². The molecule has 0 radical (unpaired) electrons. The molecule has 1 aromatic rings. The molecule has 0 fully saturated rings. The fourth-order valence-electron chi connectivity index (χ4n) is 1.96. The Morgan fingerprint density at radius 3 is 2.72 bits per heavy atom. The van der Waals surface area contributed by atoms with Gasteiger partial charge >= 0.3 is 0 Å². The topological polar surface area (TPSA) is 18.5 Å². The first-order valence-corrected chi connectivity index (χ1v) is 7.93. The number of hydrogen-bond acceptors (Lipinski definition) is 2. The van der Waals surface area contributed by atoms with Crippen molar-refractivity contribution in [3.8, 4) is 0 Å². The minimum atomic E-state index is -0.560. The summed E-state index contributed by atoms with van der Waals surface area (Å²) in [5.74, 6) is 0. The van der Waals surface area contributed by atoms with Crippen molar-refractivity contribution >= 4 is 15.8 Å². The van der Waals surface area contributed by atoms with Gasteiger partial charge in [0.2, 0.25) is 0 Å². The smallest absolute Gasteiger partial charge is 0.167 e. The van der Waals surface area contributed by atoms with Gasteiger partial charge in [-0.25, -0.2) is 0 Å². The molecule has 18 heavy (non-hydrogen) atoms. The molecule has 1 aromatic carbocycles. The van der Waals surface area contributed by atoms with Gasteiger partial charge in [-0.3, -0.25) is 0 Å². The van der Waals surface area contributed by atoms with Crippen molar-refractivity contribution in [1.82, 2.24) is 0 Å². The van der Waals surface area contributed by atoms with Crippen molar-refractivity contribution in [2.24, 2.45) is 0 Å². The second-order valence-electron chi connectivity index (χ2n) is 4.53. The molecule has 2 atom stereocenters. The van der Waals surface area contributed by atoms with Gasteiger partial charge in [-0.05, 0) is 23.6 Å². The molecule has 2 nitrogen and oxygen atoms in total. The summed E-state index contributed by atoms with van der Waals surface area (Å²) in [6.07, 6.45) is 3.32. The Bertz CT molecular complexity index is 365. The first-order valence-electron chi connectivity index (χ1n) is 6.53. The van der Waals surface area contributed by atoms with E-state index >= 15 is 0 Å². The van der Waals surface area contributed by atoms with Crippen LogP contribution in [0.25, 0.3) is 6.08 Å². The number of hydrogen-bond donors (Lipinski definition) is 0.